The average Bonchev–Trinajstić information content (AvgIpc) is 3.19. The van der Waals surface area contributed by atoms with Gasteiger partial charge in [0.1, 0.15) is 11.6 Å². The van der Waals surface area contributed by atoms with Gasteiger partial charge in [-0.2, -0.15) is 18.4 Å². The second-order valence-electron chi connectivity index (χ2n) is 7.77. The van der Waals surface area contributed by atoms with Crippen molar-refractivity contribution in [3.05, 3.63) is 47.5 Å². The van der Waals surface area contributed by atoms with Crippen LogP contribution in [0.5, 0.6) is 0 Å². The number of carbonyl (C=O) groups excluding carboxylic acids is 1. The molecule has 3 rings (SSSR count). The van der Waals surface area contributed by atoms with Crippen molar-refractivity contribution in [2.45, 2.75) is 38.1 Å². The van der Waals surface area contributed by atoms with Crippen LogP contribution >= 0.6 is 0 Å². The third kappa shape index (κ3) is 4.71. The molecule has 6 nitrogen and oxygen atoms in total. The van der Waals surface area contributed by atoms with Gasteiger partial charge >= 0.3 is 6.18 Å². The van der Waals surface area contributed by atoms with Gasteiger partial charge in [0, 0.05) is 30.1 Å². The van der Waals surface area contributed by atoms with Gasteiger partial charge in [0.05, 0.1) is 24.0 Å². The van der Waals surface area contributed by atoms with Gasteiger partial charge in [-0.1, -0.05) is 36.4 Å². The van der Waals surface area contributed by atoms with Crippen LogP contribution in [0.4, 0.5) is 18.9 Å². The normalized spacial score (nSPS) is 18.3. The van der Waals surface area contributed by atoms with Crippen LogP contribution in [0.2, 0.25) is 0 Å². The van der Waals surface area contributed by atoms with Crippen molar-refractivity contribution in [2.24, 2.45) is 0 Å². The number of aliphatic hydroxyl groups excluding tert-OH is 2. The Hall–Kier alpha value is -3.09. The van der Waals surface area contributed by atoms with E-state index in [4.69, 9.17) is 5.11 Å². The molecule has 2 atom stereocenters. The summed E-state index contributed by atoms with van der Waals surface area (Å²) in [5.74, 6) is -1.26. The molecule has 1 aliphatic heterocycles. The van der Waals surface area contributed by atoms with Crippen molar-refractivity contribution in [1.82, 2.24) is 5.32 Å². The number of amides is 1. The Morgan fingerprint density at radius 3 is 2.62 bits per heavy atom. The molecule has 1 saturated heterocycles. The van der Waals surface area contributed by atoms with E-state index in [0.717, 1.165) is 18.2 Å². The zero-order valence-electron chi connectivity index (χ0n) is 17.5. The largest absolute Gasteiger partial charge is 0.418 e. The summed E-state index contributed by atoms with van der Waals surface area (Å²) in [4.78, 5) is 14.4. The topological polar surface area (TPSA) is 96.6 Å². The summed E-state index contributed by atoms with van der Waals surface area (Å²) in [5.41, 5.74) is -2.31. The Bertz CT molecular complexity index is 1080. The van der Waals surface area contributed by atoms with Crippen molar-refractivity contribution in [3.8, 4) is 6.07 Å². The number of alkyl halides is 3. The number of hydrogen-bond acceptors (Lipinski definition) is 5. The third-order valence-electron chi connectivity index (χ3n) is 5.59. The standard InChI is InChI=1S/C23H24F3N3O3/c1-14-5-4-10-29(14)21-17-7-3-2-6-15(17)8-9-18(21)20(23(24,25)26)19(11-27)22(32)28-12-16(31)13-30/h2-3,6-9,14,16,30-31H,4-5,10,12-13H2,1H3,(H,28,32)/b20-19-. The first-order chi connectivity index (χ1) is 15.2. The number of allylic oxidation sites excluding steroid dienone is 1. The fourth-order valence-electron chi connectivity index (χ4n) is 4.04. The minimum absolute atomic E-state index is 0.00639. The molecule has 1 aliphatic rings. The van der Waals surface area contributed by atoms with Gasteiger partial charge in [-0.15, -0.1) is 0 Å². The fraction of sp³-hybridized carbons (Fsp3) is 0.391. The fourth-order valence-corrected chi connectivity index (χ4v) is 4.04. The number of nitrogens with one attached hydrogen (secondary N) is 1. The van der Waals surface area contributed by atoms with Gasteiger partial charge in [-0.05, 0) is 25.2 Å². The Balaban J connectivity index is 2.27. The molecule has 3 N–H and O–H groups in total. The highest BCUT2D eigenvalue weighted by atomic mass is 19.4. The monoisotopic (exact) mass is 447 g/mol. The molecule has 1 fully saturated rings. The molecule has 0 aromatic heterocycles. The number of nitrogens with zero attached hydrogens (tertiary/aromatic N) is 2. The smallest absolute Gasteiger partial charge is 0.394 e. The first-order valence-electron chi connectivity index (χ1n) is 10.3. The second-order valence-corrected chi connectivity index (χ2v) is 7.77. The van der Waals surface area contributed by atoms with E-state index in [1.165, 1.54) is 12.1 Å². The molecule has 1 amide bonds. The number of carbonyl (C=O) groups is 1. The van der Waals surface area contributed by atoms with Crippen molar-refractivity contribution in [2.75, 3.05) is 24.6 Å². The van der Waals surface area contributed by atoms with Crippen LogP contribution in [0, 0.1) is 11.3 Å². The molecule has 0 bridgehead atoms. The van der Waals surface area contributed by atoms with Crippen molar-refractivity contribution in [1.29, 1.82) is 5.26 Å². The van der Waals surface area contributed by atoms with E-state index >= 15 is 0 Å². The third-order valence-corrected chi connectivity index (χ3v) is 5.59. The second kappa shape index (κ2) is 9.59. The predicted molar refractivity (Wildman–Crippen MR) is 115 cm³/mol. The van der Waals surface area contributed by atoms with Crippen LogP contribution in [0.3, 0.4) is 0 Å². The maximum Gasteiger partial charge on any atom is 0.418 e. The number of rotatable bonds is 6. The minimum Gasteiger partial charge on any atom is -0.394 e. The van der Waals surface area contributed by atoms with Crippen molar-refractivity contribution >= 4 is 27.9 Å². The van der Waals surface area contributed by atoms with E-state index < -0.39 is 42.5 Å². The van der Waals surface area contributed by atoms with Crippen molar-refractivity contribution < 1.29 is 28.2 Å². The van der Waals surface area contributed by atoms with E-state index in [0.29, 0.717) is 17.6 Å². The van der Waals surface area contributed by atoms with E-state index in [2.05, 4.69) is 5.32 Å². The van der Waals surface area contributed by atoms with Gasteiger partial charge in [-0.3, -0.25) is 4.79 Å². The van der Waals surface area contributed by atoms with Crippen LogP contribution in [0.25, 0.3) is 16.3 Å². The van der Waals surface area contributed by atoms with E-state index in [9.17, 15) is 28.3 Å². The lowest BCUT2D eigenvalue weighted by Gasteiger charge is -2.29. The molecule has 170 valence electrons. The van der Waals surface area contributed by atoms with Crippen LogP contribution in [0.1, 0.15) is 25.3 Å². The number of hydrogen-bond donors (Lipinski definition) is 3. The summed E-state index contributed by atoms with van der Waals surface area (Å²) in [6, 6.07) is 11.3. The van der Waals surface area contributed by atoms with Crippen LogP contribution in [-0.2, 0) is 4.79 Å². The lowest BCUT2D eigenvalue weighted by Crippen LogP contribution is -2.35. The zero-order chi connectivity index (χ0) is 23.5. The van der Waals surface area contributed by atoms with Gasteiger partial charge in [0.2, 0.25) is 0 Å². The van der Waals surface area contributed by atoms with E-state index in [1.54, 1.807) is 30.3 Å². The van der Waals surface area contributed by atoms with Crippen LogP contribution in [-0.4, -0.2) is 54.1 Å². The zero-order valence-corrected chi connectivity index (χ0v) is 17.5. The van der Waals surface area contributed by atoms with Gasteiger partial charge in [0.15, 0.2) is 0 Å². The number of halogens is 3. The molecule has 1 heterocycles. The number of aliphatic hydroxyl groups is 2. The summed E-state index contributed by atoms with van der Waals surface area (Å²) < 4.78 is 43.0. The molecular weight excluding hydrogens is 423 g/mol. The molecule has 2 aromatic carbocycles. The molecule has 2 aromatic rings. The highest BCUT2D eigenvalue weighted by molar-refractivity contribution is 6.09. The summed E-state index contributed by atoms with van der Waals surface area (Å²) in [6.45, 7) is 1.33. The quantitative estimate of drug-likeness (QED) is 0.467. The number of nitriles is 1. The first-order valence-corrected chi connectivity index (χ1v) is 10.3. The van der Waals surface area contributed by atoms with E-state index in [1.807, 2.05) is 11.8 Å². The highest BCUT2D eigenvalue weighted by Gasteiger charge is 2.42. The van der Waals surface area contributed by atoms with Crippen LogP contribution in [0.15, 0.2) is 42.0 Å². The molecular formula is C23H24F3N3O3. The first kappa shape index (κ1) is 23.6. The predicted octanol–water partition coefficient (Wildman–Crippen LogP) is 3.14. The number of anilines is 1. The summed E-state index contributed by atoms with van der Waals surface area (Å²) >= 11 is 0. The summed E-state index contributed by atoms with van der Waals surface area (Å²) in [5, 5.41) is 31.3. The number of benzene rings is 2. The maximum atomic E-state index is 14.3. The van der Waals surface area contributed by atoms with Crippen molar-refractivity contribution in [3.63, 3.8) is 0 Å². The van der Waals surface area contributed by atoms with Crippen LogP contribution < -0.4 is 10.2 Å². The minimum atomic E-state index is -4.99. The summed E-state index contributed by atoms with van der Waals surface area (Å²) in [7, 11) is 0. The average molecular weight is 447 g/mol. The lowest BCUT2D eigenvalue weighted by molar-refractivity contribution is -0.118. The van der Waals surface area contributed by atoms with Gasteiger partial charge < -0.3 is 20.4 Å². The van der Waals surface area contributed by atoms with E-state index in [-0.39, 0.29) is 11.6 Å². The molecule has 2 unspecified atom stereocenters. The SMILES string of the molecule is CC1CCCN1c1c(/C(=C(\C#N)C(=O)NCC(O)CO)C(F)(F)F)ccc2ccccc12. The summed E-state index contributed by atoms with van der Waals surface area (Å²) in [6.07, 6.45) is -4.70. The molecule has 32 heavy (non-hydrogen) atoms. The molecule has 0 spiro atoms. The Morgan fingerprint density at radius 1 is 1.31 bits per heavy atom. The molecule has 0 saturated carbocycles. The highest BCUT2D eigenvalue weighted by Crippen LogP contribution is 2.45. The molecule has 9 heteroatoms. The molecule has 0 aliphatic carbocycles. The van der Waals surface area contributed by atoms with Gasteiger partial charge in [-0.25, -0.2) is 0 Å². The molecule has 0 radical (unpaired) electrons. The Labute approximate surface area is 183 Å². The lowest BCUT2D eigenvalue weighted by atomic mass is 9.93. The Kier molecular flexibility index (Phi) is 7.06. The van der Waals surface area contributed by atoms with Gasteiger partial charge in [0.25, 0.3) is 5.91 Å². The maximum absolute atomic E-state index is 14.3. The number of fused-ring (bicyclic) bond motifs is 1. The Morgan fingerprint density at radius 2 is 2.03 bits per heavy atom.